The Bertz CT molecular complexity index is 1630. The molecule has 36 heavy (non-hydrogen) atoms. The van der Waals surface area contributed by atoms with Crippen LogP contribution in [-0.4, -0.2) is 34.3 Å². The first-order valence-corrected chi connectivity index (χ1v) is 10.4. The van der Waals surface area contributed by atoms with E-state index in [9.17, 15) is 22.8 Å². The summed E-state index contributed by atoms with van der Waals surface area (Å²) >= 11 is 0. The normalized spacial score (nSPS) is 12.6. The summed E-state index contributed by atoms with van der Waals surface area (Å²) in [5, 5.41) is 18.6. The van der Waals surface area contributed by atoms with Crippen LogP contribution in [0.4, 0.5) is 23.4 Å². The number of rotatable bonds is 4. The number of halogens is 4. The number of hydrogen-bond acceptors (Lipinski definition) is 7. The lowest BCUT2D eigenvalue weighted by Gasteiger charge is -2.10. The first-order valence-electron chi connectivity index (χ1n) is 10.4. The van der Waals surface area contributed by atoms with Crippen molar-refractivity contribution >= 4 is 11.3 Å². The fourth-order valence-corrected chi connectivity index (χ4v) is 4.02. The summed E-state index contributed by atoms with van der Waals surface area (Å²) in [6.45, 7) is 1.79. The van der Waals surface area contributed by atoms with Gasteiger partial charge in [-0.05, 0) is 17.7 Å². The van der Waals surface area contributed by atoms with Gasteiger partial charge in [0.25, 0.3) is 0 Å². The molecular formula is C23H15F4N9. The molecule has 0 unspecified atom stereocenters. The third-order valence-electron chi connectivity index (χ3n) is 5.71. The zero-order valence-corrected chi connectivity index (χ0v) is 18.4. The van der Waals surface area contributed by atoms with Crippen molar-refractivity contribution in [1.82, 2.24) is 34.3 Å². The number of nitriles is 1. The van der Waals surface area contributed by atoms with Crippen LogP contribution in [0, 0.1) is 17.1 Å². The first kappa shape index (κ1) is 22.9. The second-order valence-corrected chi connectivity index (χ2v) is 7.84. The molecule has 4 heterocycles. The van der Waals surface area contributed by atoms with E-state index < -0.39 is 23.7 Å². The van der Waals surface area contributed by atoms with Crippen LogP contribution in [0.3, 0.4) is 0 Å². The number of nitrogen functional groups attached to an aromatic ring is 1. The highest BCUT2D eigenvalue weighted by molar-refractivity contribution is 5.92. The van der Waals surface area contributed by atoms with Gasteiger partial charge in [0.15, 0.2) is 5.82 Å². The summed E-state index contributed by atoms with van der Waals surface area (Å²) in [5.41, 5.74) is 8.04. The van der Waals surface area contributed by atoms with Gasteiger partial charge >= 0.3 is 6.18 Å². The number of hydrogen-bond donors (Lipinski definition) is 1. The molecule has 0 aliphatic carbocycles. The van der Waals surface area contributed by atoms with E-state index in [-0.39, 0.29) is 33.7 Å². The largest absolute Gasteiger partial charge is 0.451 e. The van der Waals surface area contributed by atoms with Crippen molar-refractivity contribution in [3.8, 4) is 22.9 Å². The average molecular weight is 493 g/mol. The monoisotopic (exact) mass is 493 g/mol. The molecule has 1 atom stereocenters. The van der Waals surface area contributed by atoms with Crippen LogP contribution in [0.25, 0.3) is 22.3 Å². The maximum atomic E-state index is 14.3. The summed E-state index contributed by atoms with van der Waals surface area (Å²) in [6, 6.07) is 8.24. The fourth-order valence-electron chi connectivity index (χ4n) is 4.02. The molecule has 0 spiro atoms. The average Bonchev–Trinajstić information content (AvgIpc) is 3.47. The predicted octanol–water partition coefficient (Wildman–Crippen LogP) is 4.14. The SMILES string of the molecule is C[C@H](c1cnn(-c2ccccc2F)c1)c1c(C#N)c(-c2cnc(C(F)(F)F)nc2)c2c(N)ncnn12. The Morgan fingerprint density at radius 1 is 1.06 bits per heavy atom. The van der Waals surface area contributed by atoms with Crippen LogP contribution >= 0.6 is 0 Å². The van der Waals surface area contributed by atoms with Gasteiger partial charge in [-0.2, -0.15) is 28.6 Å². The van der Waals surface area contributed by atoms with E-state index in [1.54, 1.807) is 31.3 Å². The molecule has 0 saturated carbocycles. The molecule has 2 N–H and O–H groups in total. The molecule has 4 aromatic heterocycles. The Morgan fingerprint density at radius 3 is 2.44 bits per heavy atom. The standard InChI is InChI=1S/C23H15F4N9/c1-12(14-9-33-35(10-14)17-5-3-2-4-16(17)24)19-15(6-28)18(20-21(29)32-11-34-36(19)20)13-7-30-22(31-8-13)23(25,26)27/h2-5,7-12H,1H3,(H2,29,32,34)/t12-/m1/s1. The second kappa shape index (κ2) is 8.42. The van der Waals surface area contributed by atoms with Gasteiger partial charge < -0.3 is 5.73 Å². The van der Waals surface area contributed by atoms with Gasteiger partial charge in [-0.15, -0.1) is 0 Å². The minimum atomic E-state index is -4.72. The lowest BCUT2D eigenvalue weighted by molar-refractivity contribution is -0.144. The molecule has 0 radical (unpaired) electrons. The maximum Gasteiger partial charge on any atom is 0.451 e. The number of benzene rings is 1. The van der Waals surface area contributed by atoms with E-state index in [4.69, 9.17) is 5.73 Å². The Labute approximate surface area is 200 Å². The molecule has 1 aromatic carbocycles. The molecule has 0 aliphatic rings. The van der Waals surface area contributed by atoms with Crippen molar-refractivity contribution in [3.05, 3.63) is 83.8 Å². The number of fused-ring (bicyclic) bond motifs is 1. The van der Waals surface area contributed by atoms with E-state index in [1.165, 1.54) is 27.8 Å². The Hall–Kier alpha value is -4.86. The van der Waals surface area contributed by atoms with Crippen LogP contribution in [0.2, 0.25) is 0 Å². The quantitative estimate of drug-likeness (QED) is 0.373. The summed E-state index contributed by atoms with van der Waals surface area (Å²) in [7, 11) is 0. The van der Waals surface area contributed by atoms with Gasteiger partial charge in [-0.3, -0.25) is 0 Å². The van der Waals surface area contributed by atoms with Crippen molar-refractivity contribution in [2.75, 3.05) is 5.73 Å². The van der Waals surface area contributed by atoms with E-state index in [2.05, 4.69) is 31.2 Å². The molecule has 0 amide bonds. The van der Waals surface area contributed by atoms with Crippen LogP contribution in [0.5, 0.6) is 0 Å². The Balaban J connectivity index is 1.68. The molecule has 9 nitrogen and oxygen atoms in total. The summed E-state index contributed by atoms with van der Waals surface area (Å²) < 4.78 is 56.0. The number of nitrogens with two attached hydrogens (primary N) is 1. The Morgan fingerprint density at radius 2 is 1.78 bits per heavy atom. The smallest absolute Gasteiger partial charge is 0.382 e. The van der Waals surface area contributed by atoms with Gasteiger partial charge in [0, 0.05) is 35.6 Å². The van der Waals surface area contributed by atoms with Crippen LogP contribution in [0.1, 0.15) is 35.5 Å². The molecule has 0 saturated heterocycles. The molecular weight excluding hydrogens is 478 g/mol. The summed E-state index contributed by atoms with van der Waals surface area (Å²) in [4.78, 5) is 10.8. The lowest BCUT2D eigenvalue weighted by Crippen LogP contribution is -2.10. The van der Waals surface area contributed by atoms with E-state index in [1.807, 2.05) is 0 Å². The number of anilines is 1. The van der Waals surface area contributed by atoms with Crippen molar-refractivity contribution in [3.63, 3.8) is 0 Å². The maximum absolute atomic E-state index is 14.3. The van der Waals surface area contributed by atoms with Gasteiger partial charge in [-0.1, -0.05) is 19.1 Å². The van der Waals surface area contributed by atoms with Crippen molar-refractivity contribution in [2.24, 2.45) is 0 Å². The van der Waals surface area contributed by atoms with E-state index in [0.717, 1.165) is 12.4 Å². The van der Waals surface area contributed by atoms with Crippen LogP contribution in [0.15, 0.2) is 55.4 Å². The highest BCUT2D eigenvalue weighted by atomic mass is 19.4. The third-order valence-corrected chi connectivity index (χ3v) is 5.71. The molecule has 5 aromatic rings. The summed E-state index contributed by atoms with van der Waals surface area (Å²) in [5.74, 6) is -2.27. The zero-order chi connectivity index (χ0) is 25.6. The van der Waals surface area contributed by atoms with Gasteiger partial charge in [0.2, 0.25) is 5.82 Å². The number of nitrogens with zero attached hydrogens (tertiary/aromatic N) is 8. The summed E-state index contributed by atoms with van der Waals surface area (Å²) in [6.07, 6.45) is 1.58. The molecule has 13 heteroatoms. The van der Waals surface area contributed by atoms with Crippen molar-refractivity contribution in [1.29, 1.82) is 5.26 Å². The zero-order valence-electron chi connectivity index (χ0n) is 18.4. The predicted molar refractivity (Wildman–Crippen MR) is 119 cm³/mol. The number of aromatic nitrogens is 7. The van der Waals surface area contributed by atoms with Crippen LogP contribution in [-0.2, 0) is 6.18 Å². The first-order chi connectivity index (χ1) is 17.2. The molecule has 0 bridgehead atoms. The fraction of sp³-hybridized carbons (Fsp3) is 0.130. The minimum Gasteiger partial charge on any atom is -0.382 e. The molecule has 0 fully saturated rings. The van der Waals surface area contributed by atoms with Crippen molar-refractivity contribution in [2.45, 2.75) is 19.0 Å². The lowest BCUT2D eigenvalue weighted by atomic mass is 9.95. The topological polar surface area (TPSA) is 124 Å². The molecule has 5 rings (SSSR count). The minimum absolute atomic E-state index is 0.0110. The van der Waals surface area contributed by atoms with Crippen molar-refractivity contribution < 1.29 is 17.6 Å². The van der Waals surface area contributed by atoms with Gasteiger partial charge in [0.05, 0.1) is 17.5 Å². The molecule has 0 aliphatic heterocycles. The Kier molecular flexibility index (Phi) is 5.36. The van der Waals surface area contributed by atoms with Gasteiger partial charge in [0.1, 0.15) is 29.4 Å². The highest BCUT2D eigenvalue weighted by Crippen LogP contribution is 2.39. The highest BCUT2D eigenvalue weighted by Gasteiger charge is 2.35. The number of alkyl halides is 3. The molecule has 180 valence electrons. The van der Waals surface area contributed by atoms with E-state index >= 15 is 0 Å². The van der Waals surface area contributed by atoms with Crippen LogP contribution < -0.4 is 5.73 Å². The number of para-hydroxylation sites is 1. The van der Waals surface area contributed by atoms with Gasteiger partial charge in [-0.25, -0.2) is 28.5 Å². The third kappa shape index (κ3) is 3.68. The van der Waals surface area contributed by atoms with E-state index in [0.29, 0.717) is 11.3 Å². The second-order valence-electron chi connectivity index (χ2n) is 7.84.